The van der Waals surface area contributed by atoms with E-state index in [1.54, 1.807) is 6.20 Å². The molecule has 8 rings (SSSR count). The summed E-state index contributed by atoms with van der Waals surface area (Å²) in [5, 5.41) is 5.04. The molecule has 0 aliphatic rings. The number of pyridine rings is 3. The van der Waals surface area contributed by atoms with Gasteiger partial charge in [0.1, 0.15) is 0 Å². The topological polar surface area (TPSA) is 56.7 Å². The fourth-order valence-corrected chi connectivity index (χ4v) is 5.34. The molecule has 3 aromatic carbocycles. The number of fused-ring (bicyclic) bond motifs is 12. The quantitative estimate of drug-likeness (QED) is 0.147. The minimum atomic E-state index is 0. The molecule has 0 unspecified atom stereocenters. The monoisotopic (exact) mass is 672 g/mol. The number of rotatable bonds is 2. The van der Waals surface area contributed by atoms with Gasteiger partial charge in [-0.15, -0.1) is 12.1 Å². The third-order valence-corrected chi connectivity index (χ3v) is 7.25. The fraction of sp³-hybridized carbons (Fsp3) is 0.0645. The van der Waals surface area contributed by atoms with Crippen LogP contribution in [-0.2, 0) is 21.1 Å². The average Bonchev–Trinajstić information content (AvgIpc) is 3.61. The molecule has 0 saturated carbocycles. The van der Waals surface area contributed by atoms with Crippen molar-refractivity contribution in [3.05, 3.63) is 103 Å². The predicted octanol–water partition coefficient (Wildman–Crippen LogP) is 7.00. The summed E-state index contributed by atoms with van der Waals surface area (Å²) in [4.78, 5) is 13.9. The first-order valence-electron chi connectivity index (χ1n) is 12.1. The van der Waals surface area contributed by atoms with E-state index in [1.165, 1.54) is 16.5 Å². The number of benzene rings is 3. The molecule has 0 aliphatic heterocycles. The molecular formula is C31H19N5OPt. The summed E-state index contributed by atoms with van der Waals surface area (Å²) in [6.45, 7) is 4.28. The standard InChI is InChI=1S/C31H19N5O.Pt/c1-18-14-24-22-7-5-20(16-25(22)30-33-11-13-36(30)28(24)15-19(18)2)37-21-6-8-23-26(17-21)31-34-10-12-35(31)27-4-3-9-32-29(23)27;/h3-15H,1-2H3;/q-2;+2. The van der Waals surface area contributed by atoms with Crippen LogP contribution < -0.4 is 4.74 Å². The number of aryl methyl sites for hydroxylation is 2. The van der Waals surface area contributed by atoms with Crippen molar-refractivity contribution in [3.8, 4) is 11.5 Å². The molecule has 6 nitrogen and oxygen atoms in total. The molecule has 8 aromatic rings. The molecule has 7 heteroatoms. The Bertz CT molecular complexity index is 2210. The van der Waals surface area contributed by atoms with Crippen LogP contribution in [0.2, 0.25) is 0 Å². The van der Waals surface area contributed by atoms with Gasteiger partial charge in [-0.2, -0.15) is 0 Å². The zero-order valence-electron chi connectivity index (χ0n) is 20.5. The second-order valence-corrected chi connectivity index (χ2v) is 9.39. The molecule has 0 amide bonds. The van der Waals surface area contributed by atoms with Crippen molar-refractivity contribution in [2.75, 3.05) is 0 Å². The molecule has 5 aromatic heterocycles. The summed E-state index contributed by atoms with van der Waals surface area (Å²) < 4.78 is 10.5. The van der Waals surface area contributed by atoms with Crippen LogP contribution in [0.3, 0.4) is 0 Å². The van der Waals surface area contributed by atoms with Crippen molar-refractivity contribution in [2.45, 2.75) is 13.8 Å². The smallest absolute Gasteiger partial charge is 0.497 e. The van der Waals surface area contributed by atoms with Crippen LogP contribution in [0.5, 0.6) is 11.5 Å². The maximum absolute atomic E-state index is 6.31. The Morgan fingerprint density at radius 3 is 2.03 bits per heavy atom. The van der Waals surface area contributed by atoms with E-state index in [0.717, 1.165) is 49.4 Å². The Labute approximate surface area is 231 Å². The summed E-state index contributed by atoms with van der Waals surface area (Å²) in [5.41, 5.74) is 7.24. The third-order valence-electron chi connectivity index (χ3n) is 7.25. The number of hydrogen-bond acceptors (Lipinski definition) is 4. The van der Waals surface area contributed by atoms with Gasteiger partial charge in [-0.05, 0) is 48.6 Å². The number of ether oxygens (including phenoxy) is 1. The zero-order chi connectivity index (χ0) is 24.7. The summed E-state index contributed by atoms with van der Waals surface area (Å²) >= 11 is 0. The maximum atomic E-state index is 6.31. The Hall–Kier alpha value is -4.28. The van der Waals surface area contributed by atoms with E-state index in [2.05, 4.69) is 63.5 Å². The molecule has 5 heterocycles. The van der Waals surface area contributed by atoms with E-state index >= 15 is 0 Å². The molecule has 0 radical (unpaired) electrons. The molecule has 0 spiro atoms. The van der Waals surface area contributed by atoms with Crippen LogP contribution in [0.1, 0.15) is 11.1 Å². The Morgan fingerprint density at radius 2 is 1.29 bits per heavy atom. The second kappa shape index (κ2) is 8.37. The van der Waals surface area contributed by atoms with Crippen molar-refractivity contribution < 1.29 is 25.8 Å². The fourth-order valence-electron chi connectivity index (χ4n) is 5.34. The molecule has 0 aliphatic carbocycles. The van der Waals surface area contributed by atoms with E-state index in [4.69, 9.17) is 4.74 Å². The summed E-state index contributed by atoms with van der Waals surface area (Å²) in [7, 11) is 0. The van der Waals surface area contributed by atoms with Crippen LogP contribution >= 0.6 is 0 Å². The Kier molecular flexibility index (Phi) is 5.04. The van der Waals surface area contributed by atoms with Crippen molar-refractivity contribution >= 4 is 54.8 Å². The minimum absolute atomic E-state index is 0. The average molecular weight is 673 g/mol. The SMILES string of the molecule is Cc1cc2c3ccc(Oc4[c-]c5c(cc4)c4ncccc4n4ccnc54)[c-]c3c3nccn3c2cc1C.[Pt+2]. The van der Waals surface area contributed by atoms with E-state index in [0.29, 0.717) is 11.5 Å². The molecular weight excluding hydrogens is 653 g/mol. The van der Waals surface area contributed by atoms with Gasteiger partial charge in [0, 0.05) is 48.0 Å². The van der Waals surface area contributed by atoms with Gasteiger partial charge in [-0.1, -0.05) is 51.9 Å². The third kappa shape index (κ3) is 3.20. The van der Waals surface area contributed by atoms with E-state index in [-0.39, 0.29) is 21.1 Å². The molecule has 0 bridgehead atoms. The van der Waals surface area contributed by atoms with Gasteiger partial charge in [-0.25, -0.2) is 0 Å². The van der Waals surface area contributed by atoms with Crippen LogP contribution in [-0.4, -0.2) is 23.8 Å². The maximum Gasteiger partial charge on any atom is 2.00 e. The number of imidazole rings is 2. The summed E-state index contributed by atoms with van der Waals surface area (Å²) in [6, 6.07) is 23.4. The van der Waals surface area contributed by atoms with Crippen LogP contribution in [0.25, 0.3) is 54.8 Å². The van der Waals surface area contributed by atoms with Gasteiger partial charge in [0.15, 0.2) is 0 Å². The largest absolute Gasteiger partial charge is 2.00 e. The van der Waals surface area contributed by atoms with Gasteiger partial charge in [0.05, 0.1) is 22.3 Å². The van der Waals surface area contributed by atoms with Crippen molar-refractivity contribution in [1.82, 2.24) is 23.8 Å². The van der Waals surface area contributed by atoms with Gasteiger partial charge in [0.2, 0.25) is 0 Å². The van der Waals surface area contributed by atoms with Gasteiger partial charge >= 0.3 is 21.1 Å². The van der Waals surface area contributed by atoms with Crippen LogP contribution in [0.15, 0.2) is 79.5 Å². The van der Waals surface area contributed by atoms with Crippen molar-refractivity contribution in [1.29, 1.82) is 0 Å². The van der Waals surface area contributed by atoms with E-state index < -0.39 is 0 Å². The molecule has 0 fully saturated rings. The van der Waals surface area contributed by atoms with Crippen molar-refractivity contribution in [2.24, 2.45) is 0 Å². The van der Waals surface area contributed by atoms with Crippen LogP contribution in [0, 0.1) is 26.0 Å². The van der Waals surface area contributed by atoms with E-state index in [9.17, 15) is 0 Å². The van der Waals surface area contributed by atoms with Crippen molar-refractivity contribution in [3.63, 3.8) is 0 Å². The first-order valence-corrected chi connectivity index (χ1v) is 12.1. The Balaban J connectivity index is 0.00000242. The van der Waals surface area contributed by atoms with Crippen LogP contribution in [0.4, 0.5) is 0 Å². The normalized spacial score (nSPS) is 11.7. The molecule has 0 saturated heterocycles. The molecule has 184 valence electrons. The first-order chi connectivity index (χ1) is 18.2. The van der Waals surface area contributed by atoms with Gasteiger partial charge in [-0.3, -0.25) is 15.0 Å². The van der Waals surface area contributed by atoms with Gasteiger partial charge < -0.3 is 13.5 Å². The number of nitrogens with zero attached hydrogens (tertiary/aromatic N) is 5. The molecule has 38 heavy (non-hydrogen) atoms. The second-order valence-electron chi connectivity index (χ2n) is 9.39. The number of aromatic nitrogens is 5. The van der Waals surface area contributed by atoms with Gasteiger partial charge in [0.25, 0.3) is 0 Å². The first kappa shape index (κ1) is 22.9. The minimum Gasteiger partial charge on any atom is -0.497 e. The Morgan fingerprint density at radius 1 is 0.658 bits per heavy atom. The van der Waals surface area contributed by atoms with E-state index in [1.807, 2.05) is 59.5 Å². The molecule has 0 atom stereocenters. The predicted molar refractivity (Wildman–Crippen MR) is 145 cm³/mol. The summed E-state index contributed by atoms with van der Waals surface area (Å²) in [5.74, 6) is 1.20. The zero-order valence-corrected chi connectivity index (χ0v) is 22.7. The molecule has 0 N–H and O–H groups in total. The number of hydrogen-bond donors (Lipinski definition) is 0. The summed E-state index contributed by atoms with van der Waals surface area (Å²) in [6.07, 6.45) is 9.37.